The van der Waals surface area contributed by atoms with Crippen LogP contribution in [0.15, 0.2) is 0 Å². The van der Waals surface area contributed by atoms with E-state index in [0.717, 1.165) is 11.8 Å². The first-order valence-corrected chi connectivity index (χ1v) is 6.82. The van der Waals surface area contributed by atoms with Gasteiger partial charge in [0.2, 0.25) is 0 Å². The van der Waals surface area contributed by atoms with Crippen molar-refractivity contribution in [3.8, 4) is 0 Å². The SMILES string of the molecule is CC1(C(Cl)C(=O)O)C2CC3CC(C2)CC1C3. The third-order valence-electron chi connectivity index (χ3n) is 5.66. The molecule has 0 spiro atoms. The Morgan fingerprint density at radius 2 is 1.62 bits per heavy atom. The van der Waals surface area contributed by atoms with Crippen LogP contribution >= 0.6 is 11.6 Å². The Kier molecular flexibility index (Phi) is 2.30. The van der Waals surface area contributed by atoms with E-state index in [9.17, 15) is 9.90 Å². The second-order valence-electron chi connectivity index (χ2n) is 6.37. The van der Waals surface area contributed by atoms with Crippen LogP contribution in [0.1, 0.15) is 39.0 Å². The number of carbonyl (C=O) groups is 1. The highest BCUT2D eigenvalue weighted by Gasteiger charge is 2.58. The minimum absolute atomic E-state index is 0.152. The van der Waals surface area contributed by atoms with E-state index in [4.69, 9.17) is 11.6 Å². The summed E-state index contributed by atoms with van der Waals surface area (Å²) in [5.41, 5.74) is -0.152. The zero-order valence-electron chi connectivity index (χ0n) is 9.66. The number of hydrogen-bond acceptors (Lipinski definition) is 1. The molecule has 4 aliphatic carbocycles. The predicted octanol–water partition coefficient (Wildman–Crippen LogP) is 3.14. The topological polar surface area (TPSA) is 37.3 Å². The Balaban J connectivity index is 1.93. The fourth-order valence-corrected chi connectivity index (χ4v) is 5.24. The number of rotatable bonds is 2. The summed E-state index contributed by atoms with van der Waals surface area (Å²) in [5, 5.41) is 8.51. The molecule has 4 saturated carbocycles. The molecular formula is C13H19ClO2. The van der Waals surface area contributed by atoms with E-state index < -0.39 is 11.3 Å². The van der Waals surface area contributed by atoms with Crippen LogP contribution in [-0.4, -0.2) is 16.5 Å². The molecule has 0 aromatic carbocycles. The molecule has 4 fully saturated rings. The molecule has 0 saturated heterocycles. The first-order valence-electron chi connectivity index (χ1n) is 6.38. The van der Waals surface area contributed by atoms with E-state index in [0.29, 0.717) is 11.8 Å². The highest BCUT2D eigenvalue weighted by atomic mass is 35.5. The number of carboxylic acids is 1. The number of halogens is 1. The minimum atomic E-state index is -0.823. The third-order valence-corrected chi connectivity index (χ3v) is 6.32. The van der Waals surface area contributed by atoms with Gasteiger partial charge in [0.05, 0.1) is 0 Å². The van der Waals surface area contributed by atoms with Gasteiger partial charge in [0, 0.05) is 5.41 Å². The van der Waals surface area contributed by atoms with Crippen LogP contribution in [0, 0.1) is 29.1 Å². The molecule has 16 heavy (non-hydrogen) atoms. The molecule has 90 valence electrons. The summed E-state index contributed by atoms with van der Waals surface area (Å²) in [4.78, 5) is 11.2. The van der Waals surface area contributed by atoms with Crippen LogP contribution in [0.4, 0.5) is 0 Å². The van der Waals surface area contributed by atoms with E-state index in [-0.39, 0.29) is 5.41 Å². The number of alkyl halides is 1. The molecule has 1 unspecified atom stereocenters. The van der Waals surface area contributed by atoms with Crippen molar-refractivity contribution in [1.82, 2.24) is 0 Å². The second kappa shape index (κ2) is 3.38. The van der Waals surface area contributed by atoms with Crippen molar-refractivity contribution in [1.29, 1.82) is 0 Å². The van der Waals surface area contributed by atoms with Crippen LogP contribution in [0.3, 0.4) is 0 Å². The van der Waals surface area contributed by atoms with Crippen molar-refractivity contribution in [3.63, 3.8) is 0 Å². The van der Waals surface area contributed by atoms with Gasteiger partial charge < -0.3 is 5.11 Å². The fraction of sp³-hybridized carbons (Fsp3) is 0.923. The molecule has 0 aromatic rings. The summed E-state index contributed by atoms with van der Waals surface area (Å²) >= 11 is 6.20. The monoisotopic (exact) mass is 242 g/mol. The predicted molar refractivity (Wildman–Crippen MR) is 62.4 cm³/mol. The first kappa shape index (κ1) is 10.9. The van der Waals surface area contributed by atoms with E-state index in [1.807, 2.05) is 0 Å². The first-order chi connectivity index (χ1) is 7.51. The zero-order chi connectivity index (χ0) is 11.5. The van der Waals surface area contributed by atoms with Crippen molar-refractivity contribution in [2.24, 2.45) is 29.1 Å². The van der Waals surface area contributed by atoms with Gasteiger partial charge in [-0.05, 0) is 55.8 Å². The Morgan fingerprint density at radius 3 is 2.00 bits per heavy atom. The number of aliphatic carboxylic acids is 1. The average molecular weight is 243 g/mol. The van der Waals surface area contributed by atoms with Crippen LogP contribution in [0.5, 0.6) is 0 Å². The second-order valence-corrected chi connectivity index (χ2v) is 6.81. The standard InChI is InChI=1S/C13H19ClO2/c1-13(11(14)12(15)16)9-3-7-2-8(5-9)6-10(13)4-7/h7-11H,2-6H2,1H3,(H,15,16). The van der Waals surface area contributed by atoms with Crippen LogP contribution < -0.4 is 0 Å². The lowest BCUT2D eigenvalue weighted by molar-refractivity contribution is -0.150. The fourth-order valence-electron chi connectivity index (χ4n) is 4.88. The lowest BCUT2D eigenvalue weighted by Gasteiger charge is -2.61. The molecule has 1 atom stereocenters. The van der Waals surface area contributed by atoms with Crippen molar-refractivity contribution in [2.45, 2.75) is 44.4 Å². The molecule has 0 aromatic heterocycles. The van der Waals surface area contributed by atoms with E-state index in [1.165, 1.54) is 32.1 Å². The van der Waals surface area contributed by atoms with E-state index in [2.05, 4.69) is 6.92 Å². The molecule has 2 nitrogen and oxygen atoms in total. The highest BCUT2D eigenvalue weighted by molar-refractivity contribution is 6.30. The summed E-state index contributed by atoms with van der Waals surface area (Å²) in [5.74, 6) is 2.03. The maximum absolute atomic E-state index is 11.2. The van der Waals surface area contributed by atoms with Gasteiger partial charge in [0.15, 0.2) is 0 Å². The smallest absolute Gasteiger partial charge is 0.322 e. The van der Waals surface area contributed by atoms with Crippen LogP contribution in [0.25, 0.3) is 0 Å². The zero-order valence-corrected chi connectivity index (χ0v) is 10.4. The summed E-state index contributed by atoms with van der Waals surface area (Å²) in [6, 6.07) is 0. The Bertz CT molecular complexity index is 298. The quantitative estimate of drug-likeness (QED) is 0.756. The maximum Gasteiger partial charge on any atom is 0.322 e. The Labute approximate surface area is 101 Å². The van der Waals surface area contributed by atoms with Gasteiger partial charge in [0.1, 0.15) is 5.38 Å². The van der Waals surface area contributed by atoms with E-state index in [1.54, 1.807) is 0 Å². The molecule has 4 aliphatic rings. The number of carboxylic acid groups (broad SMARTS) is 1. The largest absolute Gasteiger partial charge is 0.480 e. The third kappa shape index (κ3) is 1.28. The molecule has 0 heterocycles. The van der Waals surface area contributed by atoms with Gasteiger partial charge in [-0.25, -0.2) is 0 Å². The lowest BCUT2D eigenvalue weighted by atomic mass is 9.45. The normalized spacial score (nSPS) is 51.6. The van der Waals surface area contributed by atoms with E-state index >= 15 is 0 Å². The van der Waals surface area contributed by atoms with Gasteiger partial charge in [-0.15, -0.1) is 11.6 Å². The lowest BCUT2D eigenvalue weighted by Crippen LogP contribution is -2.56. The van der Waals surface area contributed by atoms with Gasteiger partial charge in [-0.1, -0.05) is 6.92 Å². The summed E-state index contributed by atoms with van der Waals surface area (Å²) in [7, 11) is 0. The van der Waals surface area contributed by atoms with Gasteiger partial charge in [0.25, 0.3) is 0 Å². The van der Waals surface area contributed by atoms with Crippen LogP contribution in [-0.2, 0) is 4.79 Å². The molecule has 4 rings (SSSR count). The molecule has 0 amide bonds. The summed E-state index contributed by atoms with van der Waals surface area (Å²) in [6.07, 6.45) is 6.28. The van der Waals surface area contributed by atoms with Crippen molar-refractivity contribution in [3.05, 3.63) is 0 Å². The highest BCUT2D eigenvalue weighted by Crippen LogP contribution is 2.64. The molecule has 4 bridgehead atoms. The Hall–Kier alpha value is -0.240. The molecule has 0 radical (unpaired) electrons. The van der Waals surface area contributed by atoms with Crippen LogP contribution in [0.2, 0.25) is 0 Å². The number of hydrogen-bond donors (Lipinski definition) is 1. The molecule has 0 aliphatic heterocycles. The minimum Gasteiger partial charge on any atom is -0.480 e. The van der Waals surface area contributed by atoms with Crippen molar-refractivity contribution >= 4 is 17.6 Å². The Morgan fingerprint density at radius 1 is 1.19 bits per heavy atom. The summed E-state index contributed by atoms with van der Waals surface area (Å²) < 4.78 is 0. The van der Waals surface area contributed by atoms with Crippen molar-refractivity contribution in [2.75, 3.05) is 0 Å². The maximum atomic E-state index is 11.2. The average Bonchev–Trinajstić information content (AvgIpc) is 2.23. The molecule has 3 heteroatoms. The van der Waals surface area contributed by atoms with Crippen molar-refractivity contribution < 1.29 is 9.90 Å². The summed E-state index contributed by atoms with van der Waals surface area (Å²) in [6.45, 7) is 2.13. The molecular weight excluding hydrogens is 224 g/mol. The van der Waals surface area contributed by atoms with Gasteiger partial charge in [-0.2, -0.15) is 0 Å². The molecule has 1 N–H and O–H groups in total. The van der Waals surface area contributed by atoms with Gasteiger partial charge >= 0.3 is 5.97 Å². The van der Waals surface area contributed by atoms with Gasteiger partial charge in [-0.3, -0.25) is 4.79 Å².